The Kier molecular flexibility index (Phi) is 6.75. The standard InChI is InChI=1S/C22H27FN2O4/c1-14(8-10-24-12-19(27)28)16-4-2-15(3-5-16)9-11-25-13-17-6-7-18(26)21(23)20(17)22(25)29/h6-7,14-16,24,26H,2-5,8,10,12-13H2,1H3,(H,27,28). The smallest absolute Gasteiger partial charge is 0.317 e. The Morgan fingerprint density at radius 2 is 2.07 bits per heavy atom. The van der Waals surface area contributed by atoms with E-state index in [2.05, 4.69) is 24.2 Å². The molecule has 0 saturated heterocycles. The first-order valence-electron chi connectivity index (χ1n) is 10.1. The molecule has 1 aliphatic carbocycles. The molecule has 2 aliphatic rings. The lowest BCUT2D eigenvalue weighted by molar-refractivity contribution is -0.135. The third kappa shape index (κ3) is 5.07. The minimum absolute atomic E-state index is 0.00233. The van der Waals surface area contributed by atoms with Gasteiger partial charge in [0.1, 0.15) is 0 Å². The molecular weight excluding hydrogens is 375 g/mol. The molecule has 1 atom stereocenters. The molecule has 1 amide bonds. The Morgan fingerprint density at radius 1 is 1.34 bits per heavy atom. The number of carbonyl (C=O) groups excluding carboxylic acids is 1. The molecule has 0 radical (unpaired) electrons. The SMILES string of the molecule is CC(CCNCC(=O)O)C1CCC(C#CN2Cc3ccc(O)c(F)c3C2=O)CC1. The maximum Gasteiger partial charge on any atom is 0.317 e. The second-order valence-electron chi connectivity index (χ2n) is 8.03. The normalized spacial score (nSPS) is 22.0. The molecule has 1 aliphatic heterocycles. The van der Waals surface area contributed by atoms with Crippen molar-refractivity contribution in [3.8, 4) is 17.7 Å². The zero-order valence-electron chi connectivity index (χ0n) is 16.6. The number of aromatic hydroxyl groups is 1. The van der Waals surface area contributed by atoms with Crippen LogP contribution in [-0.2, 0) is 11.3 Å². The van der Waals surface area contributed by atoms with Crippen LogP contribution in [0, 0.1) is 35.5 Å². The van der Waals surface area contributed by atoms with Crippen LogP contribution in [0.4, 0.5) is 4.39 Å². The largest absolute Gasteiger partial charge is 0.505 e. The molecular formula is C22H27FN2O4. The number of amides is 1. The van der Waals surface area contributed by atoms with Crippen molar-refractivity contribution in [1.29, 1.82) is 0 Å². The van der Waals surface area contributed by atoms with Gasteiger partial charge in [-0.1, -0.05) is 18.9 Å². The number of halogens is 1. The van der Waals surface area contributed by atoms with Crippen molar-refractivity contribution in [1.82, 2.24) is 10.2 Å². The van der Waals surface area contributed by atoms with E-state index >= 15 is 0 Å². The number of carbonyl (C=O) groups is 2. The topological polar surface area (TPSA) is 89.9 Å². The highest BCUT2D eigenvalue weighted by Gasteiger charge is 2.31. The summed E-state index contributed by atoms with van der Waals surface area (Å²) >= 11 is 0. The third-order valence-electron chi connectivity index (χ3n) is 6.03. The first-order valence-corrected chi connectivity index (χ1v) is 10.1. The Morgan fingerprint density at radius 3 is 2.76 bits per heavy atom. The number of hydrogen-bond acceptors (Lipinski definition) is 4. The molecule has 1 fully saturated rings. The summed E-state index contributed by atoms with van der Waals surface area (Å²) in [5.41, 5.74) is 0.474. The zero-order valence-corrected chi connectivity index (χ0v) is 16.6. The molecule has 29 heavy (non-hydrogen) atoms. The quantitative estimate of drug-likeness (QED) is 0.503. The molecule has 0 aromatic heterocycles. The summed E-state index contributed by atoms with van der Waals surface area (Å²) in [6.45, 7) is 3.16. The van der Waals surface area contributed by atoms with Gasteiger partial charge < -0.3 is 15.5 Å². The second-order valence-corrected chi connectivity index (χ2v) is 8.03. The van der Waals surface area contributed by atoms with Crippen molar-refractivity contribution in [2.24, 2.45) is 17.8 Å². The first-order chi connectivity index (χ1) is 13.9. The van der Waals surface area contributed by atoms with Gasteiger partial charge in [0.2, 0.25) is 0 Å². The summed E-state index contributed by atoms with van der Waals surface area (Å²) in [5.74, 6) is 1.82. The lowest BCUT2D eigenvalue weighted by atomic mass is 9.75. The van der Waals surface area contributed by atoms with Gasteiger partial charge in [-0.05, 0) is 62.1 Å². The van der Waals surface area contributed by atoms with Crippen LogP contribution in [0.15, 0.2) is 12.1 Å². The molecule has 3 N–H and O–H groups in total. The Balaban J connectivity index is 1.47. The van der Waals surface area contributed by atoms with E-state index < -0.39 is 23.4 Å². The highest BCUT2D eigenvalue weighted by atomic mass is 19.1. The van der Waals surface area contributed by atoms with Gasteiger partial charge in [-0.15, -0.1) is 0 Å². The average molecular weight is 402 g/mol. The van der Waals surface area contributed by atoms with Crippen LogP contribution in [0.2, 0.25) is 0 Å². The lowest BCUT2D eigenvalue weighted by Gasteiger charge is -2.30. The van der Waals surface area contributed by atoms with E-state index in [4.69, 9.17) is 5.11 Å². The van der Waals surface area contributed by atoms with Gasteiger partial charge in [-0.2, -0.15) is 0 Å². The molecule has 1 heterocycles. The molecule has 1 unspecified atom stereocenters. The van der Waals surface area contributed by atoms with Crippen LogP contribution in [-0.4, -0.2) is 40.1 Å². The van der Waals surface area contributed by atoms with Crippen molar-refractivity contribution in [2.45, 2.75) is 45.6 Å². The summed E-state index contributed by atoms with van der Waals surface area (Å²) in [6.07, 6.45) is 5.02. The van der Waals surface area contributed by atoms with E-state index in [9.17, 15) is 19.1 Å². The number of phenolic OH excluding ortho intramolecular Hbond substituents is 1. The van der Waals surface area contributed by atoms with Crippen molar-refractivity contribution >= 4 is 11.9 Å². The van der Waals surface area contributed by atoms with Crippen molar-refractivity contribution < 1.29 is 24.2 Å². The second kappa shape index (κ2) is 9.27. The molecule has 0 bridgehead atoms. The van der Waals surface area contributed by atoms with Crippen LogP contribution in [0.25, 0.3) is 0 Å². The maximum absolute atomic E-state index is 14.0. The highest BCUT2D eigenvalue weighted by Crippen LogP contribution is 2.34. The Labute approximate surface area is 170 Å². The van der Waals surface area contributed by atoms with Crippen LogP contribution in [0.5, 0.6) is 5.75 Å². The fourth-order valence-corrected chi connectivity index (χ4v) is 4.20. The lowest BCUT2D eigenvalue weighted by Crippen LogP contribution is -2.27. The first kappa shape index (κ1) is 21.1. The zero-order chi connectivity index (χ0) is 21.0. The van der Waals surface area contributed by atoms with Crippen molar-refractivity contribution in [3.05, 3.63) is 29.1 Å². The third-order valence-corrected chi connectivity index (χ3v) is 6.03. The van der Waals surface area contributed by atoms with Crippen LogP contribution in [0.3, 0.4) is 0 Å². The number of rotatable bonds is 6. The fourth-order valence-electron chi connectivity index (χ4n) is 4.20. The summed E-state index contributed by atoms with van der Waals surface area (Å²) in [5, 5.41) is 21.1. The minimum atomic E-state index is -0.871. The number of nitrogens with one attached hydrogen (secondary N) is 1. The molecule has 0 spiro atoms. The van der Waals surface area contributed by atoms with E-state index in [1.165, 1.54) is 11.0 Å². The van der Waals surface area contributed by atoms with E-state index in [0.29, 0.717) is 23.9 Å². The molecule has 1 aromatic rings. The number of aliphatic carboxylic acids is 1. The van der Waals surface area contributed by atoms with Gasteiger partial charge in [0, 0.05) is 12.0 Å². The summed E-state index contributed by atoms with van der Waals surface area (Å²) in [7, 11) is 0. The Bertz CT molecular complexity index is 837. The maximum atomic E-state index is 14.0. The molecule has 3 rings (SSSR count). The highest BCUT2D eigenvalue weighted by molar-refractivity contribution is 6.00. The van der Waals surface area contributed by atoms with E-state index in [-0.39, 0.29) is 24.6 Å². The van der Waals surface area contributed by atoms with Crippen LogP contribution in [0.1, 0.15) is 54.9 Å². The number of nitrogens with zero attached hydrogens (tertiary/aromatic N) is 1. The number of carboxylic acid groups (broad SMARTS) is 1. The Hall–Kier alpha value is -2.59. The average Bonchev–Trinajstić information content (AvgIpc) is 3.03. The molecule has 6 nitrogen and oxygen atoms in total. The van der Waals surface area contributed by atoms with Crippen LogP contribution < -0.4 is 5.32 Å². The molecule has 156 valence electrons. The summed E-state index contributed by atoms with van der Waals surface area (Å²) in [4.78, 5) is 24.2. The summed E-state index contributed by atoms with van der Waals surface area (Å²) in [6, 6.07) is 5.73. The predicted octanol–water partition coefficient (Wildman–Crippen LogP) is 2.95. The predicted molar refractivity (Wildman–Crippen MR) is 105 cm³/mol. The van der Waals surface area contributed by atoms with Gasteiger partial charge in [-0.3, -0.25) is 14.5 Å². The molecule has 1 saturated carbocycles. The van der Waals surface area contributed by atoms with Gasteiger partial charge in [0.25, 0.3) is 5.91 Å². The van der Waals surface area contributed by atoms with Gasteiger partial charge in [0.05, 0.1) is 18.7 Å². The minimum Gasteiger partial charge on any atom is -0.505 e. The fraction of sp³-hybridized carbons (Fsp3) is 0.545. The number of hydrogen-bond donors (Lipinski definition) is 3. The van der Waals surface area contributed by atoms with E-state index in [0.717, 1.165) is 32.1 Å². The van der Waals surface area contributed by atoms with E-state index in [1.807, 2.05) is 0 Å². The monoisotopic (exact) mass is 402 g/mol. The van der Waals surface area contributed by atoms with E-state index in [1.54, 1.807) is 6.07 Å². The van der Waals surface area contributed by atoms with Crippen molar-refractivity contribution in [3.63, 3.8) is 0 Å². The van der Waals surface area contributed by atoms with Crippen molar-refractivity contribution in [2.75, 3.05) is 13.1 Å². The van der Waals surface area contributed by atoms with Gasteiger partial charge in [0.15, 0.2) is 11.6 Å². The molecule has 1 aromatic carbocycles. The number of benzene rings is 1. The van der Waals surface area contributed by atoms with Gasteiger partial charge in [-0.25, -0.2) is 4.39 Å². The number of fused-ring (bicyclic) bond motifs is 1. The number of carboxylic acids is 1. The van der Waals surface area contributed by atoms with Gasteiger partial charge >= 0.3 is 5.97 Å². The number of phenols is 1. The van der Waals surface area contributed by atoms with Crippen LogP contribution >= 0.6 is 0 Å². The molecule has 7 heteroatoms. The summed E-state index contributed by atoms with van der Waals surface area (Å²) < 4.78 is 14.0.